The van der Waals surface area contributed by atoms with Crippen LogP contribution in [0.3, 0.4) is 0 Å². The van der Waals surface area contributed by atoms with Gasteiger partial charge in [-0.2, -0.15) is 8.75 Å². The summed E-state index contributed by atoms with van der Waals surface area (Å²) in [6, 6.07) is 12.2. The van der Waals surface area contributed by atoms with Gasteiger partial charge in [-0.1, -0.05) is 29.8 Å². The number of halogens is 1. The molecule has 27 heavy (non-hydrogen) atoms. The summed E-state index contributed by atoms with van der Waals surface area (Å²) >= 11 is 6.78. The molecule has 1 aromatic heterocycles. The van der Waals surface area contributed by atoms with Crippen LogP contribution in [0.25, 0.3) is 11.0 Å². The summed E-state index contributed by atoms with van der Waals surface area (Å²) in [6.07, 6.45) is 0.721. The first-order chi connectivity index (χ1) is 13.0. The van der Waals surface area contributed by atoms with Crippen molar-refractivity contribution in [2.45, 2.75) is 17.7 Å². The van der Waals surface area contributed by atoms with E-state index in [4.69, 9.17) is 11.6 Å². The van der Waals surface area contributed by atoms with Crippen LogP contribution in [-0.2, 0) is 21.2 Å². The third-order valence-electron chi connectivity index (χ3n) is 3.83. The van der Waals surface area contributed by atoms with E-state index < -0.39 is 10.0 Å². The highest BCUT2D eigenvalue weighted by Crippen LogP contribution is 2.20. The normalized spacial score (nSPS) is 11.6. The third-order valence-corrected chi connectivity index (χ3v) is 6.12. The van der Waals surface area contributed by atoms with Crippen molar-refractivity contribution in [1.29, 1.82) is 0 Å². The lowest BCUT2D eigenvalue weighted by Crippen LogP contribution is -2.31. The Kier molecular flexibility index (Phi) is 6.38. The van der Waals surface area contributed by atoms with Gasteiger partial charge in [-0.05, 0) is 36.2 Å². The average molecular weight is 425 g/mol. The predicted molar refractivity (Wildman–Crippen MR) is 105 cm³/mol. The first-order valence-corrected chi connectivity index (χ1v) is 10.8. The van der Waals surface area contributed by atoms with E-state index in [0.29, 0.717) is 29.0 Å². The van der Waals surface area contributed by atoms with Gasteiger partial charge >= 0.3 is 0 Å². The molecule has 0 aliphatic rings. The summed E-state index contributed by atoms with van der Waals surface area (Å²) in [7, 11) is -3.76. The second-order valence-electron chi connectivity index (χ2n) is 5.76. The Balaban J connectivity index is 1.46. The maximum atomic E-state index is 12.4. The zero-order valence-electron chi connectivity index (χ0n) is 14.2. The van der Waals surface area contributed by atoms with E-state index in [0.717, 1.165) is 17.3 Å². The monoisotopic (exact) mass is 424 g/mol. The standard InChI is InChI=1S/C17H17ClN4O3S2/c18-13-6-4-12(5-7-13)8-10-19-16(23)9-11-20-27(24,25)15-3-1-2-14-17(15)22-26-21-14/h1-7,20H,8-11H2,(H,19,23). The molecule has 0 atom stereocenters. The number of fused-ring (bicyclic) bond motifs is 1. The van der Waals surface area contributed by atoms with Crippen LogP contribution >= 0.6 is 23.3 Å². The number of hydrogen-bond acceptors (Lipinski definition) is 6. The Hall–Kier alpha value is -2.07. The van der Waals surface area contributed by atoms with Gasteiger partial charge < -0.3 is 5.32 Å². The van der Waals surface area contributed by atoms with Crippen molar-refractivity contribution in [2.75, 3.05) is 13.1 Å². The summed E-state index contributed by atoms with van der Waals surface area (Å²) in [5.74, 6) is -0.222. The van der Waals surface area contributed by atoms with Crippen molar-refractivity contribution < 1.29 is 13.2 Å². The number of carbonyl (C=O) groups is 1. The summed E-state index contributed by atoms with van der Waals surface area (Å²) in [5, 5.41) is 3.44. The molecule has 0 fully saturated rings. The molecule has 7 nitrogen and oxygen atoms in total. The van der Waals surface area contributed by atoms with Gasteiger partial charge in [0.05, 0.1) is 11.7 Å². The molecule has 10 heteroatoms. The fraction of sp³-hybridized carbons (Fsp3) is 0.235. The number of amides is 1. The molecule has 3 rings (SSSR count). The van der Waals surface area contributed by atoms with Gasteiger partial charge in [-0.15, -0.1) is 0 Å². The van der Waals surface area contributed by atoms with Crippen LogP contribution in [0, 0.1) is 0 Å². The molecule has 3 aromatic rings. The fourth-order valence-electron chi connectivity index (χ4n) is 2.46. The summed E-state index contributed by atoms with van der Waals surface area (Å²) < 4.78 is 35.4. The van der Waals surface area contributed by atoms with Crippen LogP contribution in [0.1, 0.15) is 12.0 Å². The van der Waals surface area contributed by atoms with Crippen molar-refractivity contribution in [3.8, 4) is 0 Å². The highest BCUT2D eigenvalue weighted by Gasteiger charge is 2.19. The SMILES string of the molecule is O=C(CCNS(=O)(=O)c1cccc2nsnc12)NCCc1ccc(Cl)cc1. The molecule has 1 heterocycles. The van der Waals surface area contributed by atoms with E-state index in [2.05, 4.69) is 18.8 Å². The number of sulfonamides is 1. The second kappa shape index (κ2) is 8.75. The maximum absolute atomic E-state index is 12.4. The molecule has 1 amide bonds. The number of aromatic nitrogens is 2. The number of hydrogen-bond donors (Lipinski definition) is 2. The molecule has 0 saturated carbocycles. The number of carbonyl (C=O) groups excluding carboxylic acids is 1. The van der Waals surface area contributed by atoms with Crippen molar-refractivity contribution in [2.24, 2.45) is 0 Å². The van der Waals surface area contributed by atoms with Crippen LogP contribution in [0.4, 0.5) is 0 Å². The van der Waals surface area contributed by atoms with Crippen LogP contribution < -0.4 is 10.0 Å². The van der Waals surface area contributed by atoms with Gasteiger partial charge in [0.15, 0.2) is 0 Å². The molecule has 0 radical (unpaired) electrons. The van der Waals surface area contributed by atoms with Crippen molar-refractivity contribution in [1.82, 2.24) is 18.8 Å². The van der Waals surface area contributed by atoms with Gasteiger partial charge in [0.1, 0.15) is 15.9 Å². The van der Waals surface area contributed by atoms with Gasteiger partial charge in [-0.25, -0.2) is 13.1 Å². The van der Waals surface area contributed by atoms with E-state index in [-0.39, 0.29) is 23.8 Å². The number of nitrogens with zero attached hydrogens (tertiary/aromatic N) is 2. The maximum Gasteiger partial charge on any atom is 0.242 e. The molecular weight excluding hydrogens is 408 g/mol. The van der Waals surface area contributed by atoms with E-state index in [1.807, 2.05) is 12.1 Å². The van der Waals surface area contributed by atoms with Crippen molar-refractivity contribution in [3.05, 3.63) is 53.1 Å². The molecular formula is C17H17ClN4O3S2. The first kappa shape index (κ1) is 19.7. The molecule has 0 saturated heterocycles. The van der Waals surface area contributed by atoms with E-state index >= 15 is 0 Å². The topological polar surface area (TPSA) is 101 Å². The molecule has 0 bridgehead atoms. The number of benzene rings is 2. The molecule has 2 aromatic carbocycles. The van der Waals surface area contributed by atoms with Gasteiger partial charge in [0.2, 0.25) is 15.9 Å². The zero-order valence-corrected chi connectivity index (χ0v) is 16.6. The van der Waals surface area contributed by atoms with E-state index in [1.54, 1.807) is 24.3 Å². The Bertz CT molecular complexity index is 1040. The lowest BCUT2D eigenvalue weighted by molar-refractivity contribution is -0.120. The van der Waals surface area contributed by atoms with E-state index in [1.165, 1.54) is 6.07 Å². The molecule has 0 aliphatic carbocycles. The minimum absolute atomic E-state index is 0.00304. The van der Waals surface area contributed by atoms with Crippen molar-refractivity contribution >= 4 is 50.3 Å². The molecule has 2 N–H and O–H groups in total. The Morgan fingerprint density at radius 1 is 1.07 bits per heavy atom. The zero-order chi connectivity index (χ0) is 19.3. The average Bonchev–Trinajstić information content (AvgIpc) is 3.12. The van der Waals surface area contributed by atoms with E-state index in [9.17, 15) is 13.2 Å². The number of rotatable bonds is 8. The minimum Gasteiger partial charge on any atom is -0.356 e. The Morgan fingerprint density at radius 3 is 2.63 bits per heavy atom. The van der Waals surface area contributed by atoms with Gasteiger partial charge in [-0.3, -0.25) is 4.79 Å². The quantitative estimate of drug-likeness (QED) is 0.578. The second-order valence-corrected chi connectivity index (χ2v) is 8.46. The fourth-order valence-corrected chi connectivity index (χ4v) is 4.38. The van der Waals surface area contributed by atoms with Crippen molar-refractivity contribution in [3.63, 3.8) is 0 Å². The molecule has 0 unspecified atom stereocenters. The lowest BCUT2D eigenvalue weighted by atomic mass is 10.1. The number of nitrogens with one attached hydrogen (secondary N) is 2. The molecule has 0 spiro atoms. The van der Waals surface area contributed by atoms with Gasteiger partial charge in [0.25, 0.3) is 0 Å². The Morgan fingerprint density at radius 2 is 1.85 bits per heavy atom. The van der Waals surface area contributed by atoms with Crippen LogP contribution in [-0.4, -0.2) is 36.2 Å². The highest BCUT2D eigenvalue weighted by molar-refractivity contribution is 7.89. The van der Waals surface area contributed by atoms with Crippen LogP contribution in [0.5, 0.6) is 0 Å². The summed E-state index contributed by atoms with van der Waals surface area (Å²) in [6.45, 7) is 0.472. The third kappa shape index (κ3) is 5.23. The molecule has 142 valence electrons. The largest absolute Gasteiger partial charge is 0.356 e. The molecule has 0 aliphatic heterocycles. The highest BCUT2D eigenvalue weighted by atomic mass is 35.5. The first-order valence-electron chi connectivity index (χ1n) is 8.18. The Labute approximate surface area is 166 Å². The summed E-state index contributed by atoms with van der Waals surface area (Å²) in [4.78, 5) is 12.0. The van der Waals surface area contributed by atoms with Crippen LogP contribution in [0.2, 0.25) is 5.02 Å². The summed E-state index contributed by atoms with van der Waals surface area (Å²) in [5.41, 5.74) is 1.93. The lowest BCUT2D eigenvalue weighted by Gasteiger charge is -2.08. The predicted octanol–water partition coefficient (Wildman–Crippen LogP) is 2.37. The van der Waals surface area contributed by atoms with Crippen LogP contribution in [0.15, 0.2) is 47.4 Å². The van der Waals surface area contributed by atoms with Gasteiger partial charge in [0, 0.05) is 24.5 Å². The minimum atomic E-state index is -3.76. The smallest absolute Gasteiger partial charge is 0.242 e.